The second-order valence-corrected chi connectivity index (χ2v) is 7.36. The van der Waals surface area contributed by atoms with Gasteiger partial charge in [0.25, 0.3) is 0 Å². The summed E-state index contributed by atoms with van der Waals surface area (Å²) in [6, 6.07) is 6.27. The molecule has 1 unspecified atom stereocenters. The zero-order valence-corrected chi connectivity index (χ0v) is 14.1. The molecule has 2 aliphatic carbocycles. The SMILES string of the molecule is C.CC1CCC(C2CC=C(c3ccc(OC(F)(F)F)cc3)CC2)CC1.[HH]. The summed E-state index contributed by atoms with van der Waals surface area (Å²) in [5, 5.41) is 0. The molecule has 0 saturated heterocycles. The number of hydrogen-bond donors (Lipinski definition) is 0. The molecule has 1 nitrogen and oxygen atoms in total. The van der Waals surface area contributed by atoms with E-state index in [1.54, 1.807) is 12.1 Å². The van der Waals surface area contributed by atoms with Crippen LogP contribution in [0.15, 0.2) is 30.3 Å². The quantitative estimate of drug-likeness (QED) is 0.545. The van der Waals surface area contributed by atoms with Crippen molar-refractivity contribution in [1.29, 1.82) is 0 Å². The minimum atomic E-state index is -4.63. The lowest BCUT2D eigenvalue weighted by Crippen LogP contribution is -2.22. The fraction of sp³-hybridized carbons (Fsp3) is 0.619. The van der Waals surface area contributed by atoms with Crippen molar-refractivity contribution in [3.63, 3.8) is 0 Å². The van der Waals surface area contributed by atoms with Gasteiger partial charge in [-0.25, -0.2) is 0 Å². The van der Waals surface area contributed by atoms with Crippen molar-refractivity contribution >= 4 is 5.57 Å². The molecule has 4 heteroatoms. The summed E-state index contributed by atoms with van der Waals surface area (Å²) in [4.78, 5) is 0. The van der Waals surface area contributed by atoms with E-state index in [1.807, 2.05) is 0 Å². The van der Waals surface area contributed by atoms with Crippen LogP contribution in [0.5, 0.6) is 5.75 Å². The first-order valence-corrected chi connectivity index (χ1v) is 8.96. The molecule has 0 heterocycles. The molecule has 0 aromatic heterocycles. The zero-order chi connectivity index (χ0) is 17.2. The zero-order valence-electron chi connectivity index (χ0n) is 14.1. The Balaban J connectivity index is 0.00000169. The van der Waals surface area contributed by atoms with Crippen molar-refractivity contribution in [3.05, 3.63) is 35.9 Å². The topological polar surface area (TPSA) is 9.23 Å². The third-order valence-corrected chi connectivity index (χ3v) is 5.64. The summed E-state index contributed by atoms with van der Waals surface area (Å²) in [5.41, 5.74) is 2.27. The van der Waals surface area contributed by atoms with Crippen molar-refractivity contribution in [1.82, 2.24) is 0 Å². The van der Waals surface area contributed by atoms with Gasteiger partial charge in [0.15, 0.2) is 0 Å². The van der Waals surface area contributed by atoms with E-state index in [2.05, 4.69) is 17.7 Å². The molecule has 0 aliphatic heterocycles. The number of hydrogen-bond acceptors (Lipinski definition) is 1. The molecule has 1 aromatic carbocycles. The Kier molecular flexibility index (Phi) is 6.59. The Morgan fingerprint density at radius 1 is 0.960 bits per heavy atom. The van der Waals surface area contributed by atoms with E-state index in [0.29, 0.717) is 0 Å². The number of halogens is 3. The number of benzene rings is 1. The summed E-state index contributed by atoms with van der Waals surface area (Å²) in [7, 11) is 0. The lowest BCUT2D eigenvalue weighted by molar-refractivity contribution is -0.274. The first-order chi connectivity index (χ1) is 11.4. The molecular formula is C21H31F3O. The third-order valence-electron chi connectivity index (χ3n) is 5.64. The maximum atomic E-state index is 12.2. The minimum Gasteiger partial charge on any atom is -0.406 e. The second-order valence-electron chi connectivity index (χ2n) is 7.36. The van der Waals surface area contributed by atoms with Crippen LogP contribution < -0.4 is 4.74 Å². The molecule has 1 fully saturated rings. The fourth-order valence-corrected chi connectivity index (χ4v) is 4.17. The lowest BCUT2D eigenvalue weighted by atomic mass is 9.71. The van der Waals surface area contributed by atoms with Gasteiger partial charge >= 0.3 is 6.36 Å². The van der Waals surface area contributed by atoms with Crippen molar-refractivity contribution in [2.75, 3.05) is 0 Å². The van der Waals surface area contributed by atoms with Gasteiger partial charge in [-0.15, -0.1) is 13.2 Å². The van der Waals surface area contributed by atoms with Gasteiger partial charge in [-0.2, -0.15) is 0 Å². The van der Waals surface area contributed by atoms with Gasteiger partial charge < -0.3 is 4.74 Å². The molecular weight excluding hydrogens is 325 g/mol. The van der Waals surface area contributed by atoms with Crippen LogP contribution in [0.25, 0.3) is 5.57 Å². The fourth-order valence-electron chi connectivity index (χ4n) is 4.17. The minimum absolute atomic E-state index is 0. The Bertz CT molecular complexity index is 572. The van der Waals surface area contributed by atoms with Crippen molar-refractivity contribution < 1.29 is 19.3 Å². The highest BCUT2D eigenvalue weighted by atomic mass is 19.4. The van der Waals surface area contributed by atoms with Crippen LogP contribution in [0.4, 0.5) is 13.2 Å². The predicted octanol–water partition coefficient (Wildman–Crippen LogP) is 7.48. The van der Waals surface area contributed by atoms with Gasteiger partial charge in [0.1, 0.15) is 5.75 Å². The van der Waals surface area contributed by atoms with Crippen LogP contribution in [0.3, 0.4) is 0 Å². The molecule has 142 valence electrons. The molecule has 3 rings (SSSR count). The van der Waals surface area contributed by atoms with Gasteiger partial charge in [0.05, 0.1) is 0 Å². The second kappa shape index (κ2) is 8.29. The van der Waals surface area contributed by atoms with E-state index < -0.39 is 6.36 Å². The molecule has 0 bridgehead atoms. The van der Waals surface area contributed by atoms with Crippen molar-refractivity contribution in [2.24, 2.45) is 17.8 Å². The Morgan fingerprint density at radius 2 is 1.60 bits per heavy atom. The lowest BCUT2D eigenvalue weighted by Gasteiger charge is -2.34. The average Bonchev–Trinajstić information content (AvgIpc) is 2.55. The summed E-state index contributed by atoms with van der Waals surface area (Å²) in [6.45, 7) is 2.35. The van der Waals surface area contributed by atoms with Gasteiger partial charge in [0.2, 0.25) is 0 Å². The van der Waals surface area contributed by atoms with Crippen LogP contribution in [-0.2, 0) is 0 Å². The molecule has 0 N–H and O–H groups in total. The average molecular weight is 356 g/mol. The van der Waals surface area contributed by atoms with Crippen LogP contribution in [0.1, 0.15) is 66.3 Å². The van der Waals surface area contributed by atoms with E-state index in [-0.39, 0.29) is 14.6 Å². The van der Waals surface area contributed by atoms with Crippen LogP contribution in [-0.4, -0.2) is 6.36 Å². The first-order valence-electron chi connectivity index (χ1n) is 8.96. The van der Waals surface area contributed by atoms with Crippen molar-refractivity contribution in [2.45, 2.75) is 65.7 Å². The van der Waals surface area contributed by atoms with E-state index in [0.717, 1.165) is 36.2 Å². The molecule has 0 spiro atoms. The summed E-state index contributed by atoms with van der Waals surface area (Å²) in [6.07, 6.45) is 6.44. The van der Waals surface area contributed by atoms with Crippen LogP contribution in [0.2, 0.25) is 0 Å². The number of rotatable bonds is 3. The number of allylic oxidation sites excluding steroid dienone is 2. The molecule has 1 saturated carbocycles. The monoisotopic (exact) mass is 356 g/mol. The van der Waals surface area contributed by atoms with Crippen LogP contribution in [0, 0.1) is 17.8 Å². The predicted molar refractivity (Wildman–Crippen MR) is 98.4 cm³/mol. The highest BCUT2D eigenvalue weighted by Gasteiger charge is 2.31. The summed E-state index contributed by atoms with van der Waals surface area (Å²) >= 11 is 0. The molecule has 1 atom stereocenters. The smallest absolute Gasteiger partial charge is 0.406 e. The number of ether oxygens (including phenoxy) is 1. The van der Waals surface area contributed by atoms with Gasteiger partial charge in [-0.05, 0) is 73.1 Å². The molecule has 25 heavy (non-hydrogen) atoms. The van der Waals surface area contributed by atoms with E-state index in [1.165, 1.54) is 49.8 Å². The third kappa shape index (κ3) is 5.52. The molecule has 0 radical (unpaired) electrons. The highest BCUT2D eigenvalue weighted by Crippen LogP contribution is 2.41. The van der Waals surface area contributed by atoms with Gasteiger partial charge in [0, 0.05) is 1.43 Å². The molecule has 0 amide bonds. The highest BCUT2D eigenvalue weighted by molar-refractivity contribution is 5.66. The van der Waals surface area contributed by atoms with Crippen molar-refractivity contribution in [3.8, 4) is 5.75 Å². The number of alkyl halides is 3. The Labute approximate surface area is 150 Å². The maximum absolute atomic E-state index is 12.2. The summed E-state index contributed by atoms with van der Waals surface area (Å²) in [5.74, 6) is 2.38. The first kappa shape index (κ1) is 19.9. The maximum Gasteiger partial charge on any atom is 0.573 e. The molecule has 2 aliphatic rings. The van der Waals surface area contributed by atoms with Crippen LogP contribution >= 0.6 is 0 Å². The summed E-state index contributed by atoms with van der Waals surface area (Å²) < 4.78 is 40.6. The molecule has 1 aromatic rings. The Morgan fingerprint density at radius 3 is 2.12 bits per heavy atom. The van der Waals surface area contributed by atoms with E-state index in [4.69, 9.17) is 0 Å². The van der Waals surface area contributed by atoms with Gasteiger partial charge in [-0.1, -0.05) is 45.4 Å². The van der Waals surface area contributed by atoms with Gasteiger partial charge in [-0.3, -0.25) is 0 Å². The normalized spacial score (nSPS) is 27.2. The standard InChI is InChI=1S/C20H25F3O.CH4.H2/c1-14-2-4-15(5-3-14)16-6-8-17(9-7-16)18-10-12-19(13-11-18)24-20(21,22)23;;/h8,10-16H,2-7,9H2,1H3;1H4;1H. The Hall–Kier alpha value is -1.45. The largest absolute Gasteiger partial charge is 0.573 e. The van der Waals surface area contributed by atoms with E-state index in [9.17, 15) is 13.2 Å². The van der Waals surface area contributed by atoms with E-state index >= 15 is 0 Å².